The molecule has 0 bridgehead atoms. The number of alkyl halides is 5. The van der Waals surface area contributed by atoms with E-state index in [0.29, 0.717) is 11.8 Å². The molecule has 2 atom stereocenters. The Labute approximate surface area is 175 Å². The first-order valence-corrected chi connectivity index (χ1v) is 9.56. The van der Waals surface area contributed by atoms with Gasteiger partial charge in [0.05, 0.1) is 18.2 Å². The lowest BCUT2D eigenvalue weighted by atomic mass is 9.89. The summed E-state index contributed by atoms with van der Waals surface area (Å²) in [5, 5.41) is 0. The van der Waals surface area contributed by atoms with E-state index in [4.69, 9.17) is 9.47 Å². The summed E-state index contributed by atoms with van der Waals surface area (Å²) in [6.45, 7) is 0.429. The van der Waals surface area contributed by atoms with Crippen molar-refractivity contribution in [1.29, 1.82) is 0 Å². The number of likely N-dealkylation sites (tertiary alicyclic amines) is 1. The number of halogens is 5. The lowest BCUT2D eigenvalue weighted by Crippen LogP contribution is -2.57. The topological polar surface area (TPSA) is 51.7 Å². The summed E-state index contributed by atoms with van der Waals surface area (Å²) >= 11 is 0. The number of carbonyl (C=O) groups is 1. The summed E-state index contributed by atoms with van der Waals surface area (Å²) in [6.07, 6.45) is -5.28. The second kappa shape index (κ2) is 9.07. The fourth-order valence-corrected chi connectivity index (χ4v) is 3.41. The second-order valence-corrected chi connectivity index (χ2v) is 7.47. The number of pyridine rings is 1. The molecule has 1 amide bonds. The molecule has 2 heterocycles. The largest absolute Gasteiger partial charge is 0.475 e. The van der Waals surface area contributed by atoms with Crippen LogP contribution in [0.3, 0.4) is 0 Å². The van der Waals surface area contributed by atoms with E-state index in [2.05, 4.69) is 4.98 Å². The highest BCUT2D eigenvalue weighted by Crippen LogP contribution is 2.35. The highest BCUT2D eigenvalue weighted by molar-refractivity contribution is 5.68. The van der Waals surface area contributed by atoms with Gasteiger partial charge in [-0.1, -0.05) is 37.3 Å². The third kappa shape index (κ3) is 6.05. The summed E-state index contributed by atoms with van der Waals surface area (Å²) < 4.78 is 76.8. The van der Waals surface area contributed by atoms with E-state index < -0.39 is 48.7 Å². The first-order valence-electron chi connectivity index (χ1n) is 9.56. The van der Waals surface area contributed by atoms with Gasteiger partial charge >= 0.3 is 12.3 Å². The zero-order chi connectivity index (χ0) is 22.6. The van der Waals surface area contributed by atoms with Crippen molar-refractivity contribution in [3.8, 4) is 5.88 Å². The van der Waals surface area contributed by atoms with Crippen molar-refractivity contribution >= 4 is 6.09 Å². The molecule has 3 rings (SSSR count). The van der Waals surface area contributed by atoms with E-state index >= 15 is 0 Å². The molecule has 0 spiro atoms. The Morgan fingerprint density at radius 2 is 1.90 bits per heavy atom. The summed E-state index contributed by atoms with van der Waals surface area (Å²) in [5.74, 6) is -3.83. The molecule has 0 aliphatic carbocycles. The van der Waals surface area contributed by atoms with E-state index in [0.717, 1.165) is 17.0 Å². The van der Waals surface area contributed by atoms with Gasteiger partial charge < -0.3 is 9.47 Å². The Morgan fingerprint density at radius 3 is 2.52 bits per heavy atom. The van der Waals surface area contributed by atoms with Crippen molar-refractivity contribution in [2.45, 2.75) is 38.1 Å². The van der Waals surface area contributed by atoms with Crippen LogP contribution in [0.4, 0.5) is 26.7 Å². The Hall–Kier alpha value is -2.91. The standard InChI is InChI=1S/C21H21F5N2O3/c1-14-9-20(22,23)13-28(19(29)31-11-15-5-3-2-4-6-15)17(14)12-30-18-8-7-16(10-27-18)21(24,25)26/h2-8,10,14,17H,9,11-13H2,1H3/t14-,17-/m1/s1. The molecule has 10 heteroatoms. The van der Waals surface area contributed by atoms with Crippen LogP contribution in [0.5, 0.6) is 5.88 Å². The molecule has 1 aliphatic heterocycles. The number of amides is 1. The fraction of sp³-hybridized carbons (Fsp3) is 0.429. The Bertz CT molecular complexity index is 875. The molecule has 168 valence electrons. The van der Waals surface area contributed by atoms with Crippen molar-refractivity contribution in [2.24, 2.45) is 5.92 Å². The molecule has 1 aliphatic rings. The number of hydrogen-bond acceptors (Lipinski definition) is 4. The molecule has 1 aromatic heterocycles. The molecule has 0 radical (unpaired) electrons. The highest BCUT2D eigenvalue weighted by Gasteiger charge is 2.47. The lowest BCUT2D eigenvalue weighted by molar-refractivity contribution is -0.137. The van der Waals surface area contributed by atoms with Gasteiger partial charge in [0.25, 0.3) is 5.92 Å². The SMILES string of the molecule is C[C@@H]1CC(F)(F)CN(C(=O)OCc2ccccc2)[C@@H]1COc1ccc(C(F)(F)F)cn1. The molecule has 1 aromatic carbocycles. The first-order chi connectivity index (χ1) is 14.5. The number of ether oxygens (including phenoxy) is 2. The molecule has 0 saturated carbocycles. The van der Waals surface area contributed by atoms with Gasteiger partial charge in [-0.15, -0.1) is 0 Å². The molecule has 0 unspecified atom stereocenters. The van der Waals surface area contributed by atoms with E-state index in [1.165, 1.54) is 0 Å². The summed E-state index contributed by atoms with van der Waals surface area (Å²) in [5.41, 5.74) is -0.230. The van der Waals surface area contributed by atoms with Gasteiger partial charge in [0.1, 0.15) is 13.2 Å². The van der Waals surface area contributed by atoms with Crippen molar-refractivity contribution < 1.29 is 36.2 Å². The average Bonchev–Trinajstić information content (AvgIpc) is 2.71. The van der Waals surface area contributed by atoms with Crippen molar-refractivity contribution in [1.82, 2.24) is 9.88 Å². The van der Waals surface area contributed by atoms with E-state index in [9.17, 15) is 26.7 Å². The minimum absolute atomic E-state index is 0.0792. The summed E-state index contributed by atoms with van der Waals surface area (Å²) in [6, 6.07) is 9.88. The second-order valence-electron chi connectivity index (χ2n) is 7.47. The van der Waals surface area contributed by atoms with Crippen LogP contribution in [0, 0.1) is 5.92 Å². The van der Waals surface area contributed by atoms with Crippen LogP contribution in [-0.2, 0) is 17.5 Å². The predicted molar refractivity (Wildman–Crippen MR) is 101 cm³/mol. The number of nitrogens with zero attached hydrogens (tertiary/aromatic N) is 2. The molecule has 1 saturated heterocycles. The maximum atomic E-state index is 14.1. The quantitative estimate of drug-likeness (QED) is 0.598. The van der Waals surface area contributed by atoms with Crippen LogP contribution in [0.25, 0.3) is 0 Å². The minimum Gasteiger partial charge on any atom is -0.475 e. The van der Waals surface area contributed by atoms with Gasteiger partial charge in [-0.2, -0.15) is 13.2 Å². The molecular formula is C21H21F5N2O3. The Balaban J connectivity index is 1.67. The Kier molecular flexibility index (Phi) is 6.66. The first kappa shape index (κ1) is 22.8. The minimum atomic E-state index is -4.53. The Morgan fingerprint density at radius 1 is 1.19 bits per heavy atom. The van der Waals surface area contributed by atoms with Crippen LogP contribution in [0.15, 0.2) is 48.7 Å². The van der Waals surface area contributed by atoms with Gasteiger partial charge in [0, 0.05) is 18.7 Å². The number of hydrogen-bond donors (Lipinski definition) is 0. The van der Waals surface area contributed by atoms with Crippen LogP contribution < -0.4 is 4.74 Å². The van der Waals surface area contributed by atoms with Crippen molar-refractivity contribution in [3.63, 3.8) is 0 Å². The molecule has 0 N–H and O–H groups in total. The normalized spacial score (nSPS) is 20.9. The van der Waals surface area contributed by atoms with Crippen LogP contribution >= 0.6 is 0 Å². The third-order valence-electron chi connectivity index (χ3n) is 4.98. The zero-order valence-electron chi connectivity index (χ0n) is 16.6. The van der Waals surface area contributed by atoms with Gasteiger partial charge in [-0.05, 0) is 17.5 Å². The molecule has 2 aromatic rings. The molecular weight excluding hydrogens is 423 g/mol. The van der Waals surface area contributed by atoms with Gasteiger partial charge in [-0.3, -0.25) is 4.90 Å². The van der Waals surface area contributed by atoms with E-state index in [1.807, 2.05) is 0 Å². The number of carbonyl (C=O) groups excluding carboxylic acids is 1. The summed E-state index contributed by atoms with van der Waals surface area (Å²) in [4.78, 5) is 17.1. The number of piperidine rings is 1. The third-order valence-corrected chi connectivity index (χ3v) is 4.98. The predicted octanol–water partition coefficient (Wildman–Crippen LogP) is 5.16. The monoisotopic (exact) mass is 444 g/mol. The lowest BCUT2D eigenvalue weighted by Gasteiger charge is -2.42. The molecule has 1 fully saturated rings. The van der Waals surface area contributed by atoms with Gasteiger partial charge in [-0.25, -0.2) is 18.6 Å². The van der Waals surface area contributed by atoms with E-state index in [1.54, 1.807) is 37.3 Å². The molecule has 31 heavy (non-hydrogen) atoms. The van der Waals surface area contributed by atoms with Gasteiger partial charge in [0.15, 0.2) is 0 Å². The van der Waals surface area contributed by atoms with Gasteiger partial charge in [0.2, 0.25) is 5.88 Å². The highest BCUT2D eigenvalue weighted by atomic mass is 19.4. The van der Waals surface area contributed by atoms with E-state index in [-0.39, 0.29) is 19.1 Å². The van der Waals surface area contributed by atoms with Crippen LogP contribution in [-0.4, -0.2) is 41.1 Å². The number of aromatic nitrogens is 1. The summed E-state index contributed by atoms with van der Waals surface area (Å²) in [7, 11) is 0. The fourth-order valence-electron chi connectivity index (χ4n) is 3.41. The van der Waals surface area contributed by atoms with Crippen LogP contribution in [0.1, 0.15) is 24.5 Å². The smallest absolute Gasteiger partial charge is 0.417 e. The van der Waals surface area contributed by atoms with Crippen molar-refractivity contribution in [3.05, 3.63) is 59.8 Å². The van der Waals surface area contributed by atoms with Crippen molar-refractivity contribution in [2.75, 3.05) is 13.2 Å². The average molecular weight is 444 g/mol. The van der Waals surface area contributed by atoms with Crippen LogP contribution in [0.2, 0.25) is 0 Å². The number of rotatable bonds is 5. The maximum absolute atomic E-state index is 14.1. The maximum Gasteiger partial charge on any atom is 0.417 e. The molecule has 5 nitrogen and oxygen atoms in total. The number of benzene rings is 1. The zero-order valence-corrected chi connectivity index (χ0v) is 16.6.